The van der Waals surface area contributed by atoms with Gasteiger partial charge in [-0.2, -0.15) is 5.26 Å². The fraction of sp³-hybridized carbons (Fsp3) is 0.200. The number of nitrogens with one attached hydrogen (secondary N) is 2. The molecular formula is C30H29ClN6O2. The van der Waals surface area contributed by atoms with E-state index in [-0.39, 0.29) is 5.91 Å². The summed E-state index contributed by atoms with van der Waals surface area (Å²) in [5.41, 5.74) is 5.64. The van der Waals surface area contributed by atoms with Crippen LogP contribution < -0.4 is 15.4 Å². The van der Waals surface area contributed by atoms with Crippen LogP contribution in [0.4, 0.5) is 17.1 Å². The predicted molar refractivity (Wildman–Crippen MR) is 156 cm³/mol. The summed E-state index contributed by atoms with van der Waals surface area (Å²) in [6, 6.07) is 15.1. The van der Waals surface area contributed by atoms with E-state index in [1.165, 1.54) is 12.3 Å². The lowest BCUT2D eigenvalue weighted by Crippen LogP contribution is -2.13. The van der Waals surface area contributed by atoms with E-state index >= 15 is 0 Å². The molecule has 0 saturated carbocycles. The molecule has 0 aliphatic carbocycles. The Bertz CT molecular complexity index is 1590. The van der Waals surface area contributed by atoms with Crippen LogP contribution >= 0.6 is 11.6 Å². The van der Waals surface area contributed by atoms with Crippen molar-refractivity contribution in [3.63, 3.8) is 0 Å². The molecule has 1 amide bonds. The van der Waals surface area contributed by atoms with Crippen LogP contribution in [0.2, 0.25) is 5.02 Å². The van der Waals surface area contributed by atoms with Crippen LogP contribution in [0.5, 0.6) is 5.75 Å². The monoisotopic (exact) mass is 540 g/mol. The Morgan fingerprint density at radius 1 is 1.15 bits per heavy atom. The van der Waals surface area contributed by atoms with Crippen molar-refractivity contribution in [3.8, 4) is 11.8 Å². The Hall–Kier alpha value is -4.45. The zero-order chi connectivity index (χ0) is 27.9. The highest BCUT2D eigenvalue weighted by Gasteiger charge is 2.14. The van der Waals surface area contributed by atoms with Gasteiger partial charge in [-0.3, -0.25) is 14.8 Å². The molecule has 8 nitrogen and oxygen atoms in total. The van der Waals surface area contributed by atoms with Gasteiger partial charge < -0.3 is 20.3 Å². The number of halogens is 1. The molecule has 0 saturated heterocycles. The second kappa shape index (κ2) is 12.4. The van der Waals surface area contributed by atoms with Crippen molar-refractivity contribution < 1.29 is 9.53 Å². The lowest BCUT2D eigenvalue weighted by molar-refractivity contribution is -0.111. The summed E-state index contributed by atoms with van der Waals surface area (Å²) in [5, 5.41) is 17.2. The SMILES string of the molecule is Cc1cc2ncc(C#N)c(Nc3ccc(OCc4ncccc4C)c(Cl)c3)c2cc1NC(=O)/C=C/CN(C)C. The van der Waals surface area contributed by atoms with Crippen molar-refractivity contribution in [3.05, 3.63) is 94.4 Å². The van der Waals surface area contributed by atoms with Crippen LogP contribution in [0.15, 0.2) is 67.0 Å². The molecule has 4 aromatic rings. The van der Waals surface area contributed by atoms with Crippen molar-refractivity contribution in [2.24, 2.45) is 0 Å². The average Bonchev–Trinajstić information content (AvgIpc) is 2.89. The Morgan fingerprint density at radius 2 is 1.97 bits per heavy atom. The number of hydrogen-bond donors (Lipinski definition) is 2. The van der Waals surface area contributed by atoms with E-state index in [1.54, 1.807) is 24.4 Å². The van der Waals surface area contributed by atoms with Gasteiger partial charge in [0, 0.05) is 41.8 Å². The summed E-state index contributed by atoms with van der Waals surface area (Å²) < 4.78 is 5.90. The van der Waals surface area contributed by atoms with E-state index in [4.69, 9.17) is 16.3 Å². The minimum Gasteiger partial charge on any atom is -0.486 e. The van der Waals surface area contributed by atoms with E-state index in [2.05, 4.69) is 26.7 Å². The normalized spacial score (nSPS) is 11.1. The third kappa shape index (κ3) is 6.90. The highest BCUT2D eigenvalue weighted by Crippen LogP contribution is 2.35. The fourth-order valence-electron chi connectivity index (χ4n) is 3.90. The van der Waals surface area contributed by atoms with Gasteiger partial charge in [0.15, 0.2) is 0 Å². The van der Waals surface area contributed by atoms with Crippen molar-refractivity contribution in [2.75, 3.05) is 31.3 Å². The van der Waals surface area contributed by atoms with Gasteiger partial charge in [0.25, 0.3) is 0 Å². The number of benzene rings is 2. The molecule has 0 aliphatic rings. The molecule has 2 aromatic carbocycles. The molecule has 0 bridgehead atoms. The van der Waals surface area contributed by atoms with Crippen LogP contribution in [0, 0.1) is 25.2 Å². The maximum absolute atomic E-state index is 12.5. The largest absolute Gasteiger partial charge is 0.486 e. The van der Waals surface area contributed by atoms with Gasteiger partial charge in [-0.25, -0.2) is 0 Å². The van der Waals surface area contributed by atoms with Crippen molar-refractivity contribution >= 4 is 45.5 Å². The summed E-state index contributed by atoms with van der Waals surface area (Å²) in [7, 11) is 3.86. The first kappa shape index (κ1) is 27.6. The summed E-state index contributed by atoms with van der Waals surface area (Å²) in [4.78, 5) is 23.2. The molecule has 0 spiro atoms. The molecule has 0 unspecified atom stereocenters. The summed E-state index contributed by atoms with van der Waals surface area (Å²) in [5.74, 6) is 0.289. The van der Waals surface area contributed by atoms with E-state index < -0.39 is 0 Å². The first-order valence-corrected chi connectivity index (χ1v) is 12.7. The molecule has 0 atom stereocenters. The van der Waals surface area contributed by atoms with Crippen molar-refractivity contribution in [1.29, 1.82) is 5.26 Å². The standard InChI is InChI=1S/C30H29ClN6O2/c1-19-7-5-11-33-27(19)18-39-28-10-9-22(14-24(28)31)35-30-21(16-32)17-34-26-13-20(2)25(15-23(26)30)36-29(38)8-6-12-37(3)4/h5-11,13-15,17H,12,18H2,1-4H3,(H,34,35)(H,36,38)/b8-6+. The van der Waals surface area contributed by atoms with Crippen LogP contribution in [-0.2, 0) is 11.4 Å². The highest BCUT2D eigenvalue weighted by molar-refractivity contribution is 6.32. The zero-order valence-electron chi connectivity index (χ0n) is 22.2. The van der Waals surface area contributed by atoms with E-state index in [0.717, 1.165) is 16.8 Å². The third-order valence-corrected chi connectivity index (χ3v) is 6.31. The number of nitrogens with zero attached hydrogens (tertiary/aromatic N) is 4. The molecule has 39 heavy (non-hydrogen) atoms. The number of rotatable bonds is 9. The highest BCUT2D eigenvalue weighted by atomic mass is 35.5. The number of aryl methyl sites for hydroxylation is 2. The maximum Gasteiger partial charge on any atom is 0.248 e. The first-order chi connectivity index (χ1) is 18.7. The van der Waals surface area contributed by atoms with Gasteiger partial charge in [0.2, 0.25) is 5.91 Å². The van der Waals surface area contributed by atoms with Crippen LogP contribution in [0.1, 0.15) is 22.4 Å². The van der Waals surface area contributed by atoms with Gasteiger partial charge in [-0.1, -0.05) is 23.7 Å². The number of aromatic nitrogens is 2. The topological polar surface area (TPSA) is 103 Å². The van der Waals surface area contributed by atoms with Gasteiger partial charge in [-0.15, -0.1) is 0 Å². The van der Waals surface area contributed by atoms with Crippen LogP contribution in [0.3, 0.4) is 0 Å². The number of amides is 1. The lowest BCUT2D eigenvalue weighted by Gasteiger charge is -2.15. The van der Waals surface area contributed by atoms with Gasteiger partial charge >= 0.3 is 0 Å². The number of carbonyl (C=O) groups is 1. The van der Waals surface area contributed by atoms with E-state index in [0.29, 0.717) is 57.5 Å². The molecule has 198 valence electrons. The zero-order valence-corrected chi connectivity index (χ0v) is 23.0. The van der Waals surface area contributed by atoms with Gasteiger partial charge in [0.1, 0.15) is 18.4 Å². The summed E-state index contributed by atoms with van der Waals surface area (Å²) >= 11 is 6.54. The Morgan fingerprint density at radius 3 is 2.69 bits per heavy atom. The smallest absolute Gasteiger partial charge is 0.248 e. The third-order valence-electron chi connectivity index (χ3n) is 6.02. The molecule has 0 radical (unpaired) electrons. The van der Waals surface area contributed by atoms with E-state index in [1.807, 2.05) is 63.2 Å². The number of carbonyl (C=O) groups excluding carboxylic acids is 1. The molecule has 2 N–H and O–H groups in total. The Labute approximate surface area is 232 Å². The number of hydrogen-bond acceptors (Lipinski definition) is 7. The first-order valence-electron chi connectivity index (χ1n) is 12.3. The molecule has 0 aliphatic heterocycles. The number of fused-ring (bicyclic) bond motifs is 1. The fourth-order valence-corrected chi connectivity index (χ4v) is 4.13. The molecular weight excluding hydrogens is 512 g/mol. The van der Waals surface area contributed by atoms with Crippen LogP contribution in [-0.4, -0.2) is 41.4 Å². The van der Waals surface area contributed by atoms with Gasteiger partial charge in [-0.05, 0) is 75.5 Å². The Balaban J connectivity index is 1.60. The Kier molecular flexibility index (Phi) is 8.77. The number of ether oxygens (including phenoxy) is 1. The second-order valence-corrected chi connectivity index (χ2v) is 9.73. The van der Waals surface area contributed by atoms with Gasteiger partial charge in [0.05, 0.1) is 27.5 Å². The molecule has 0 fully saturated rings. The minimum atomic E-state index is -0.235. The average molecular weight is 541 g/mol. The summed E-state index contributed by atoms with van der Waals surface area (Å²) in [6.45, 7) is 4.83. The molecule has 2 aromatic heterocycles. The lowest BCUT2D eigenvalue weighted by atomic mass is 10.1. The quantitative estimate of drug-likeness (QED) is 0.245. The molecule has 2 heterocycles. The van der Waals surface area contributed by atoms with Crippen LogP contribution in [0.25, 0.3) is 10.9 Å². The summed E-state index contributed by atoms with van der Waals surface area (Å²) in [6.07, 6.45) is 6.56. The molecule has 9 heteroatoms. The van der Waals surface area contributed by atoms with Crippen molar-refractivity contribution in [2.45, 2.75) is 20.5 Å². The second-order valence-electron chi connectivity index (χ2n) is 9.32. The minimum absolute atomic E-state index is 0.235. The molecule has 4 rings (SSSR count). The predicted octanol–water partition coefficient (Wildman–Crippen LogP) is 6.15. The maximum atomic E-state index is 12.5. The number of anilines is 3. The van der Waals surface area contributed by atoms with Crippen molar-refractivity contribution in [1.82, 2.24) is 14.9 Å². The number of nitriles is 1. The number of likely N-dealkylation sites (N-methyl/N-ethyl adjacent to an activating group) is 1. The number of pyridine rings is 2. The van der Waals surface area contributed by atoms with E-state index in [9.17, 15) is 10.1 Å².